The molecule has 0 aliphatic carbocycles. The highest BCUT2D eigenvalue weighted by Crippen LogP contribution is 2.10. The van der Waals surface area contributed by atoms with E-state index in [4.69, 9.17) is 40.1 Å². The van der Waals surface area contributed by atoms with Gasteiger partial charge in [0.2, 0.25) is 76.8 Å². The Morgan fingerprint density at radius 2 is 0.808 bits per heavy atom. The van der Waals surface area contributed by atoms with E-state index in [0.29, 0.717) is 37.9 Å². The summed E-state index contributed by atoms with van der Waals surface area (Å²) in [6, 6.07) is 4.15. The minimum Gasteiger partial charge on any atom is -0.394 e. The summed E-state index contributed by atoms with van der Waals surface area (Å²) in [4.78, 5) is 181. The lowest BCUT2D eigenvalue weighted by atomic mass is 10.0. The highest BCUT2D eigenvalue weighted by Gasteiger charge is 2.34. The fourth-order valence-electron chi connectivity index (χ4n) is 9.19. The van der Waals surface area contributed by atoms with Gasteiger partial charge in [-0.1, -0.05) is 60.7 Å². The molecule has 11 atom stereocenters. The normalized spacial score (nSPS) is 14.2. The Morgan fingerprint density at radius 3 is 1.29 bits per heavy atom. The first kappa shape index (κ1) is 85.0. The van der Waals surface area contributed by atoms with Crippen molar-refractivity contribution in [2.75, 3.05) is 52.4 Å². The summed E-state index contributed by atoms with van der Waals surface area (Å²) >= 11 is 0. The summed E-state index contributed by atoms with van der Waals surface area (Å²) < 4.78 is 0. The molecule has 2 rings (SSSR count). The van der Waals surface area contributed by atoms with Crippen molar-refractivity contribution >= 4 is 88.7 Å². The van der Waals surface area contributed by atoms with E-state index in [1.165, 1.54) is 20.8 Å². The van der Waals surface area contributed by atoms with Gasteiger partial charge in [0.15, 0.2) is 11.9 Å². The smallest absolute Gasteiger partial charge is 0.245 e. The minimum absolute atomic E-state index is 0.0233. The van der Waals surface area contributed by atoms with Gasteiger partial charge in [0.25, 0.3) is 0 Å². The van der Waals surface area contributed by atoms with Crippen LogP contribution >= 0.6 is 0 Å². The maximum Gasteiger partial charge on any atom is 0.245 e. The molecule has 0 aliphatic rings. The van der Waals surface area contributed by atoms with E-state index in [9.17, 15) is 72.5 Å². The third-order valence-corrected chi connectivity index (χ3v) is 14.8. The van der Waals surface area contributed by atoms with E-state index in [1.54, 1.807) is 37.3 Å². The maximum atomic E-state index is 14.1. The number of hydrogen-bond acceptors (Lipinski definition) is 20. The summed E-state index contributed by atoms with van der Waals surface area (Å²) in [5.74, 6) is -11.9. The van der Waals surface area contributed by atoms with Gasteiger partial charge in [-0.3, -0.25) is 72.3 Å². The van der Waals surface area contributed by atoms with Gasteiger partial charge in [-0.15, -0.1) is 0 Å². The quantitative estimate of drug-likeness (QED) is 0.0166. The second-order valence-corrected chi connectivity index (χ2v) is 23.2. The van der Waals surface area contributed by atoms with Crippen LogP contribution in [-0.4, -0.2) is 218 Å². The molecule has 29 N–H and O–H groups in total. The van der Waals surface area contributed by atoms with Gasteiger partial charge in [0, 0.05) is 26.1 Å². The molecule has 0 bridgehead atoms. The van der Waals surface area contributed by atoms with Crippen molar-refractivity contribution in [1.82, 2.24) is 69.1 Å². The largest absolute Gasteiger partial charge is 0.394 e. The molecule has 99 heavy (non-hydrogen) atoms. The predicted molar refractivity (Wildman–Crippen MR) is 364 cm³/mol. The van der Waals surface area contributed by atoms with E-state index in [2.05, 4.69) is 79.1 Å². The van der Waals surface area contributed by atoms with Crippen LogP contribution in [0.25, 0.3) is 0 Å². The van der Waals surface area contributed by atoms with Crippen LogP contribution in [-0.2, 0) is 75.3 Å². The van der Waals surface area contributed by atoms with E-state index in [-0.39, 0.29) is 82.9 Å². The number of carbonyl (C=O) groups is 13. The SMILES string of the molecule is C[C@H](NC(=O)CNC(=O)[C@H](NC(=O)[C@H](Cc1ccccc1)NC(=O)CNC(=O)CNC(=O)[C@@H](C)NCc1ccccc1)[C@@H](C)O)C(=O)N[C@@H](CCCN=C(N)N)C(=O)N[C@@H](CCCCN)C(=O)N[C@@H](CO)C(=O)N[C@@H](C)C(=O)N[C@@H](CCCN=C(N)N)C(=O)N[C@@H](CCCCN)C(N)=O. The number of carbonyl (C=O) groups excluding carboxylic acids is 13. The molecule has 0 radical (unpaired) electrons. The molecular weight excluding hydrogens is 1290 g/mol. The van der Waals surface area contributed by atoms with Gasteiger partial charge in [-0.2, -0.15) is 0 Å². The van der Waals surface area contributed by atoms with Crippen molar-refractivity contribution in [3.8, 4) is 0 Å². The zero-order valence-corrected chi connectivity index (χ0v) is 56.4. The molecule has 0 spiro atoms. The maximum absolute atomic E-state index is 14.1. The zero-order valence-electron chi connectivity index (χ0n) is 56.4. The van der Waals surface area contributed by atoms with Crippen molar-refractivity contribution in [3.63, 3.8) is 0 Å². The average molecular weight is 1400 g/mol. The molecule has 2 aromatic carbocycles. The molecule has 0 aromatic heterocycles. The zero-order chi connectivity index (χ0) is 74.0. The molecule has 0 aliphatic heterocycles. The van der Waals surface area contributed by atoms with Crippen LogP contribution in [0, 0.1) is 0 Å². The number of aliphatic imine (C=N–C) groups is 2. The Labute approximate surface area is 574 Å². The van der Waals surface area contributed by atoms with Gasteiger partial charge >= 0.3 is 0 Å². The van der Waals surface area contributed by atoms with Crippen LogP contribution in [0.1, 0.15) is 103 Å². The van der Waals surface area contributed by atoms with Gasteiger partial charge in [0.1, 0.15) is 54.4 Å². The fourth-order valence-corrected chi connectivity index (χ4v) is 9.19. The number of nitrogens with one attached hydrogen (secondary N) is 13. The standard InChI is InChI=1S/C62H102N22O15/c1-35(72-30-40-19-9-6-10-20-40)52(91)74-31-47(87)73-32-49(89)78-45(29-39-17-7-5-8-18-39)58(97)84-50(38(4)86)60(99)75-33-48(88)76-36(2)53(92)80-44(24-16-28-71-62(68)69)56(95)82-42(22-12-14-26-64)57(96)83-46(34-85)59(98)77-37(3)54(93)81-43(23-15-27-70-61(66)67)55(94)79-41(51(65)90)21-11-13-25-63/h5-10,17-20,35-38,41-46,50,72,85-86H,11-16,21-34,63-64H2,1-4H3,(H2,65,90)(H,73,87)(H,74,91)(H,75,99)(H,76,88)(H,77,98)(H,78,89)(H,79,94)(H,80,92)(H,81,93)(H,82,95)(H,83,96)(H,84,97)(H4,66,67,70)(H4,68,69,71)/t35-,36+,37+,38-,41+,42+,43+,44+,45+,46+,50-/m1/s1. The van der Waals surface area contributed by atoms with Gasteiger partial charge in [-0.05, 0) is 116 Å². The summed E-state index contributed by atoms with van der Waals surface area (Å²) in [5, 5.41) is 53.3. The van der Waals surface area contributed by atoms with Crippen LogP contribution in [0.5, 0.6) is 0 Å². The van der Waals surface area contributed by atoms with Crippen LogP contribution in [0.15, 0.2) is 70.6 Å². The number of aliphatic hydroxyl groups excluding tert-OH is 2. The summed E-state index contributed by atoms with van der Waals surface area (Å²) in [5.41, 5.74) is 40.2. The van der Waals surface area contributed by atoms with Gasteiger partial charge < -0.3 is 119 Å². The molecule has 550 valence electrons. The Kier molecular flexibility index (Phi) is 40.3. The van der Waals surface area contributed by atoms with Crippen molar-refractivity contribution in [1.29, 1.82) is 0 Å². The fraction of sp³-hybridized carbons (Fsp3) is 0.565. The molecule has 2 aromatic rings. The van der Waals surface area contributed by atoms with Crippen molar-refractivity contribution in [2.24, 2.45) is 50.1 Å². The minimum atomic E-state index is -1.73. The number of guanidine groups is 2. The van der Waals surface area contributed by atoms with Crippen LogP contribution in [0.2, 0.25) is 0 Å². The lowest BCUT2D eigenvalue weighted by molar-refractivity contribution is -0.136. The molecule has 0 fully saturated rings. The predicted octanol–water partition coefficient (Wildman–Crippen LogP) is -8.62. The number of hydrogen-bond donors (Lipinski definition) is 22. The molecule has 37 heteroatoms. The number of rotatable bonds is 48. The number of nitrogens with zero attached hydrogens (tertiary/aromatic N) is 2. The average Bonchev–Trinajstić information content (AvgIpc) is 0.886. The lowest BCUT2D eigenvalue weighted by Gasteiger charge is -2.26. The molecule has 37 nitrogen and oxygen atoms in total. The monoisotopic (exact) mass is 1390 g/mol. The Morgan fingerprint density at radius 1 is 0.404 bits per heavy atom. The number of unbranched alkanes of at least 4 members (excludes halogenated alkanes) is 2. The first-order valence-electron chi connectivity index (χ1n) is 32.4. The number of benzene rings is 2. The second-order valence-electron chi connectivity index (χ2n) is 23.2. The third-order valence-electron chi connectivity index (χ3n) is 14.8. The Hall–Kier alpha value is -10.1. The highest BCUT2D eigenvalue weighted by molar-refractivity contribution is 5.99. The summed E-state index contributed by atoms with van der Waals surface area (Å²) in [7, 11) is 0. The third kappa shape index (κ3) is 35.1. The number of nitrogens with two attached hydrogens (primary N) is 7. The second kappa shape index (κ2) is 46.9. The molecule has 0 heterocycles. The van der Waals surface area contributed by atoms with E-state index in [1.807, 2.05) is 30.3 Å². The van der Waals surface area contributed by atoms with Crippen LogP contribution < -0.4 is 109 Å². The molecule has 0 unspecified atom stereocenters. The van der Waals surface area contributed by atoms with Crippen molar-refractivity contribution in [2.45, 2.75) is 171 Å². The van der Waals surface area contributed by atoms with Crippen molar-refractivity contribution in [3.05, 3.63) is 71.8 Å². The van der Waals surface area contributed by atoms with Gasteiger partial charge in [0.05, 0.1) is 38.4 Å². The highest BCUT2D eigenvalue weighted by atomic mass is 16.3. The van der Waals surface area contributed by atoms with Gasteiger partial charge in [-0.25, -0.2) is 0 Å². The Balaban J connectivity index is 2.17. The van der Waals surface area contributed by atoms with E-state index < -0.39 is 170 Å². The molecule has 13 amide bonds. The van der Waals surface area contributed by atoms with Crippen molar-refractivity contribution < 1.29 is 72.5 Å². The number of primary amides is 1. The first-order valence-corrected chi connectivity index (χ1v) is 32.4. The van der Waals surface area contributed by atoms with E-state index >= 15 is 0 Å². The number of aliphatic hydroxyl groups is 2. The summed E-state index contributed by atoms with van der Waals surface area (Å²) in [6.07, 6.45) is 0.0574. The molecule has 0 saturated heterocycles. The number of amides is 13. The van der Waals surface area contributed by atoms with E-state index in [0.717, 1.165) is 5.56 Å². The Bertz CT molecular complexity index is 3010. The molecule has 0 saturated carbocycles. The lowest BCUT2D eigenvalue weighted by Crippen LogP contribution is -2.60. The summed E-state index contributed by atoms with van der Waals surface area (Å²) in [6.45, 7) is 3.33. The van der Waals surface area contributed by atoms with Crippen LogP contribution in [0.3, 0.4) is 0 Å². The first-order chi connectivity index (χ1) is 47.0. The van der Waals surface area contributed by atoms with Crippen LogP contribution in [0.4, 0.5) is 0 Å². The molecular formula is C62H102N22O15. The topological polar surface area (TPSA) is 626 Å².